The zero-order valence-corrected chi connectivity index (χ0v) is 12.0. The van der Waals surface area contributed by atoms with Crippen molar-refractivity contribution >= 4 is 5.96 Å². The van der Waals surface area contributed by atoms with Gasteiger partial charge in [-0.05, 0) is 18.6 Å². The number of alkyl halides is 3. The summed E-state index contributed by atoms with van der Waals surface area (Å²) in [5.41, 5.74) is 0.896. The van der Waals surface area contributed by atoms with Crippen molar-refractivity contribution in [3.05, 3.63) is 23.9 Å². The summed E-state index contributed by atoms with van der Waals surface area (Å²) in [4.78, 5) is 7.89. The summed E-state index contributed by atoms with van der Waals surface area (Å²) in [7, 11) is 1.50. The van der Waals surface area contributed by atoms with Crippen molar-refractivity contribution in [2.45, 2.75) is 26.1 Å². The van der Waals surface area contributed by atoms with Crippen LogP contribution >= 0.6 is 0 Å². The van der Waals surface area contributed by atoms with E-state index in [0.717, 1.165) is 5.56 Å². The molecule has 0 spiro atoms. The Hall–Kier alpha value is -1.99. The van der Waals surface area contributed by atoms with Crippen LogP contribution in [-0.4, -0.2) is 37.3 Å². The number of ether oxygens (including phenoxy) is 1. The molecule has 118 valence electrons. The van der Waals surface area contributed by atoms with Gasteiger partial charge in [-0.2, -0.15) is 13.2 Å². The summed E-state index contributed by atoms with van der Waals surface area (Å²) >= 11 is 0. The number of pyridine rings is 1. The van der Waals surface area contributed by atoms with E-state index < -0.39 is 12.6 Å². The summed E-state index contributed by atoms with van der Waals surface area (Å²) in [5.74, 6) is 0.825. The van der Waals surface area contributed by atoms with E-state index in [4.69, 9.17) is 4.74 Å². The molecule has 0 aliphatic heterocycles. The molecule has 0 aromatic carbocycles. The van der Waals surface area contributed by atoms with E-state index in [0.29, 0.717) is 25.0 Å². The molecular weight excluding hydrogens is 285 g/mol. The largest absolute Gasteiger partial charge is 0.478 e. The number of nitrogens with zero attached hydrogens (tertiary/aromatic N) is 2. The third-order valence-corrected chi connectivity index (χ3v) is 2.48. The molecule has 1 aromatic rings. The molecule has 0 saturated carbocycles. The second-order valence-electron chi connectivity index (χ2n) is 4.15. The molecule has 1 heterocycles. The van der Waals surface area contributed by atoms with Crippen molar-refractivity contribution in [3.8, 4) is 5.88 Å². The molecule has 0 unspecified atom stereocenters. The van der Waals surface area contributed by atoms with Gasteiger partial charge in [-0.25, -0.2) is 4.98 Å². The summed E-state index contributed by atoms with van der Waals surface area (Å²) in [6.07, 6.45) is -3.47. The first-order chi connectivity index (χ1) is 9.94. The average Bonchev–Trinajstić information content (AvgIpc) is 2.42. The molecule has 2 N–H and O–H groups in total. The van der Waals surface area contributed by atoms with Gasteiger partial charge < -0.3 is 15.4 Å². The number of rotatable bonds is 6. The lowest BCUT2D eigenvalue weighted by Gasteiger charge is -2.13. The minimum absolute atomic E-state index is 0.219. The first-order valence-electron chi connectivity index (χ1n) is 6.53. The van der Waals surface area contributed by atoms with Crippen LogP contribution < -0.4 is 15.4 Å². The van der Waals surface area contributed by atoms with Gasteiger partial charge in [-0.3, -0.25) is 4.99 Å². The molecule has 0 fully saturated rings. The first-order valence-corrected chi connectivity index (χ1v) is 6.53. The van der Waals surface area contributed by atoms with Crippen LogP contribution in [0.5, 0.6) is 5.88 Å². The molecule has 0 aliphatic rings. The Morgan fingerprint density at radius 2 is 2.14 bits per heavy atom. The Balaban J connectivity index is 2.43. The normalized spacial score (nSPS) is 12.1. The zero-order chi connectivity index (χ0) is 15.7. The van der Waals surface area contributed by atoms with Gasteiger partial charge in [-0.1, -0.05) is 0 Å². The highest BCUT2D eigenvalue weighted by atomic mass is 19.4. The van der Waals surface area contributed by atoms with E-state index in [1.54, 1.807) is 18.3 Å². The summed E-state index contributed by atoms with van der Waals surface area (Å²) in [5, 5.41) is 5.54. The van der Waals surface area contributed by atoms with Crippen LogP contribution in [0.15, 0.2) is 23.3 Å². The SMILES string of the molecule is CCOc1cc(CNC(=NC)NCCC(F)(F)F)ccn1. The van der Waals surface area contributed by atoms with Crippen LogP contribution in [0.4, 0.5) is 13.2 Å². The Kier molecular flexibility index (Phi) is 6.77. The number of hydrogen-bond acceptors (Lipinski definition) is 3. The Morgan fingerprint density at radius 1 is 1.38 bits per heavy atom. The molecule has 0 saturated heterocycles. The van der Waals surface area contributed by atoms with Gasteiger partial charge in [0, 0.05) is 32.4 Å². The Bertz CT molecular complexity index is 463. The monoisotopic (exact) mass is 304 g/mol. The van der Waals surface area contributed by atoms with E-state index >= 15 is 0 Å². The van der Waals surface area contributed by atoms with Gasteiger partial charge >= 0.3 is 6.18 Å². The quantitative estimate of drug-likeness (QED) is 0.624. The van der Waals surface area contributed by atoms with E-state index in [1.807, 2.05) is 6.92 Å². The van der Waals surface area contributed by atoms with Crippen molar-refractivity contribution in [1.82, 2.24) is 15.6 Å². The molecule has 8 heteroatoms. The van der Waals surface area contributed by atoms with Gasteiger partial charge in [-0.15, -0.1) is 0 Å². The highest BCUT2D eigenvalue weighted by molar-refractivity contribution is 5.79. The van der Waals surface area contributed by atoms with Gasteiger partial charge in [0.25, 0.3) is 0 Å². The van der Waals surface area contributed by atoms with Crippen molar-refractivity contribution in [3.63, 3.8) is 0 Å². The highest BCUT2D eigenvalue weighted by Gasteiger charge is 2.26. The Morgan fingerprint density at radius 3 is 2.76 bits per heavy atom. The maximum Gasteiger partial charge on any atom is 0.390 e. The zero-order valence-electron chi connectivity index (χ0n) is 12.0. The summed E-state index contributed by atoms with van der Waals surface area (Å²) in [6, 6.07) is 3.55. The molecule has 0 amide bonds. The molecule has 0 bridgehead atoms. The first kappa shape index (κ1) is 17.1. The number of hydrogen-bond donors (Lipinski definition) is 2. The highest BCUT2D eigenvalue weighted by Crippen LogP contribution is 2.18. The van der Waals surface area contributed by atoms with Gasteiger partial charge in [0.05, 0.1) is 13.0 Å². The number of halogens is 3. The van der Waals surface area contributed by atoms with Crippen molar-refractivity contribution in [1.29, 1.82) is 0 Å². The number of nitrogens with one attached hydrogen (secondary N) is 2. The van der Waals surface area contributed by atoms with Crippen LogP contribution in [0.1, 0.15) is 18.9 Å². The van der Waals surface area contributed by atoms with Crippen LogP contribution in [0.2, 0.25) is 0 Å². The maximum atomic E-state index is 12.1. The lowest BCUT2D eigenvalue weighted by atomic mass is 10.2. The van der Waals surface area contributed by atoms with Crippen molar-refractivity contribution in [2.24, 2.45) is 4.99 Å². The fraction of sp³-hybridized carbons (Fsp3) is 0.538. The number of aliphatic imine (C=N–C) groups is 1. The molecule has 21 heavy (non-hydrogen) atoms. The predicted molar refractivity (Wildman–Crippen MR) is 74.3 cm³/mol. The number of aromatic nitrogens is 1. The van der Waals surface area contributed by atoms with Crippen LogP contribution in [0.25, 0.3) is 0 Å². The molecular formula is C13H19F3N4O. The van der Waals surface area contributed by atoms with Gasteiger partial charge in [0.1, 0.15) is 0 Å². The fourth-order valence-corrected chi connectivity index (χ4v) is 1.52. The third kappa shape index (κ3) is 7.38. The van der Waals surface area contributed by atoms with Gasteiger partial charge in [0.2, 0.25) is 5.88 Å². The average molecular weight is 304 g/mol. The summed E-state index contributed by atoms with van der Waals surface area (Å²) < 4.78 is 41.4. The molecule has 1 aromatic heterocycles. The van der Waals surface area contributed by atoms with Crippen molar-refractivity contribution < 1.29 is 17.9 Å². The minimum Gasteiger partial charge on any atom is -0.478 e. The van der Waals surface area contributed by atoms with Crippen LogP contribution in [-0.2, 0) is 6.54 Å². The van der Waals surface area contributed by atoms with Crippen LogP contribution in [0, 0.1) is 0 Å². The minimum atomic E-state index is -4.18. The third-order valence-electron chi connectivity index (χ3n) is 2.48. The van der Waals surface area contributed by atoms with Crippen molar-refractivity contribution in [2.75, 3.05) is 20.2 Å². The number of guanidine groups is 1. The van der Waals surface area contributed by atoms with Crippen LogP contribution in [0.3, 0.4) is 0 Å². The molecule has 1 rings (SSSR count). The smallest absolute Gasteiger partial charge is 0.390 e. The summed E-state index contributed by atoms with van der Waals surface area (Å²) in [6.45, 7) is 2.57. The fourth-order valence-electron chi connectivity index (χ4n) is 1.52. The molecule has 0 atom stereocenters. The van der Waals surface area contributed by atoms with E-state index in [2.05, 4.69) is 20.6 Å². The predicted octanol–water partition coefficient (Wildman–Crippen LogP) is 2.10. The standard InChI is InChI=1S/C13H19F3N4O/c1-3-21-11-8-10(4-6-18-11)9-20-12(17-2)19-7-5-13(14,15)16/h4,6,8H,3,5,7,9H2,1-2H3,(H2,17,19,20). The van der Waals surface area contributed by atoms with E-state index in [-0.39, 0.29) is 6.54 Å². The molecule has 5 nitrogen and oxygen atoms in total. The molecule has 0 aliphatic carbocycles. The second-order valence-corrected chi connectivity index (χ2v) is 4.15. The van der Waals surface area contributed by atoms with Gasteiger partial charge in [0.15, 0.2) is 5.96 Å². The lowest BCUT2D eigenvalue weighted by Crippen LogP contribution is -2.38. The van der Waals surface area contributed by atoms with E-state index in [1.165, 1.54) is 7.05 Å². The molecule has 0 radical (unpaired) electrons. The Labute approximate surface area is 121 Å². The second kappa shape index (κ2) is 8.33. The van der Waals surface area contributed by atoms with E-state index in [9.17, 15) is 13.2 Å². The maximum absolute atomic E-state index is 12.1. The topological polar surface area (TPSA) is 58.5 Å². The lowest BCUT2D eigenvalue weighted by molar-refractivity contribution is -0.132.